The van der Waals surface area contributed by atoms with E-state index in [-0.39, 0.29) is 18.9 Å². The molecule has 0 saturated carbocycles. The van der Waals surface area contributed by atoms with Crippen LogP contribution in [0, 0.1) is 0 Å². The van der Waals surface area contributed by atoms with Gasteiger partial charge in [0.05, 0.1) is 12.0 Å². The first-order chi connectivity index (χ1) is 14.1. The molecule has 1 heterocycles. The second kappa shape index (κ2) is 8.25. The number of hydrogen-bond donors (Lipinski definition) is 3. The average Bonchev–Trinajstić information content (AvgIpc) is 2.84. The van der Waals surface area contributed by atoms with Gasteiger partial charge in [-0.15, -0.1) is 0 Å². The maximum absolute atomic E-state index is 12.6. The molecule has 1 aliphatic heterocycles. The number of aliphatic carboxylic acids is 1. The van der Waals surface area contributed by atoms with E-state index in [4.69, 9.17) is 4.74 Å². The number of rotatable bonds is 5. The van der Waals surface area contributed by atoms with Crippen LogP contribution in [0.15, 0.2) is 48.5 Å². The van der Waals surface area contributed by atoms with E-state index in [0.717, 1.165) is 24.1 Å². The summed E-state index contributed by atoms with van der Waals surface area (Å²) in [7, 11) is 0. The molecule has 152 valence electrons. The molecule has 1 unspecified atom stereocenters. The summed E-state index contributed by atoms with van der Waals surface area (Å²) in [5.74, 6) is -0.926. The summed E-state index contributed by atoms with van der Waals surface area (Å²) in [6.07, 6.45) is 1.37. The third-order valence-corrected chi connectivity index (χ3v) is 5.99. The van der Waals surface area contributed by atoms with E-state index in [9.17, 15) is 14.7 Å². The largest absolute Gasteiger partial charge is 0.481 e. The monoisotopic (exact) mass is 394 g/mol. The molecule has 0 aromatic heterocycles. The molecular weight excluding hydrogens is 368 g/mol. The van der Waals surface area contributed by atoms with Gasteiger partial charge in [0.1, 0.15) is 6.61 Å². The van der Waals surface area contributed by atoms with Gasteiger partial charge in [-0.25, -0.2) is 4.79 Å². The lowest BCUT2D eigenvalue weighted by Gasteiger charge is -2.32. The number of nitrogens with one attached hydrogen (secondary N) is 2. The molecule has 0 spiro atoms. The number of hydrogen-bond acceptors (Lipinski definition) is 4. The quantitative estimate of drug-likeness (QED) is 0.722. The maximum atomic E-state index is 12.6. The highest BCUT2D eigenvalue weighted by molar-refractivity contribution is 5.79. The van der Waals surface area contributed by atoms with Gasteiger partial charge in [-0.1, -0.05) is 48.5 Å². The molecule has 0 radical (unpaired) electrons. The van der Waals surface area contributed by atoms with Crippen molar-refractivity contribution < 1.29 is 19.4 Å². The van der Waals surface area contributed by atoms with Crippen LogP contribution in [-0.4, -0.2) is 42.4 Å². The number of carboxylic acid groups (broad SMARTS) is 1. The summed E-state index contributed by atoms with van der Waals surface area (Å²) in [6.45, 7) is 1.73. The summed E-state index contributed by atoms with van der Waals surface area (Å²) < 4.78 is 5.63. The zero-order chi connectivity index (χ0) is 20.3. The lowest BCUT2D eigenvalue weighted by Crippen LogP contribution is -2.50. The van der Waals surface area contributed by atoms with Crippen LogP contribution in [0.3, 0.4) is 0 Å². The summed E-state index contributed by atoms with van der Waals surface area (Å²) >= 11 is 0. The maximum Gasteiger partial charge on any atom is 0.407 e. The fourth-order valence-electron chi connectivity index (χ4n) is 4.62. The Kier molecular flexibility index (Phi) is 5.53. The first-order valence-electron chi connectivity index (χ1n) is 10.1. The van der Waals surface area contributed by atoms with E-state index >= 15 is 0 Å². The van der Waals surface area contributed by atoms with E-state index in [1.807, 2.05) is 24.3 Å². The molecule has 29 heavy (non-hydrogen) atoms. The van der Waals surface area contributed by atoms with Crippen molar-refractivity contribution in [1.82, 2.24) is 10.6 Å². The highest BCUT2D eigenvalue weighted by Crippen LogP contribution is 2.44. The fourth-order valence-corrected chi connectivity index (χ4v) is 4.62. The lowest BCUT2D eigenvalue weighted by atomic mass is 9.87. The Morgan fingerprint density at radius 1 is 1.03 bits per heavy atom. The Morgan fingerprint density at radius 2 is 1.69 bits per heavy atom. The molecule has 3 N–H and O–H groups in total. The van der Waals surface area contributed by atoms with E-state index in [1.54, 1.807) is 0 Å². The van der Waals surface area contributed by atoms with Crippen LogP contribution in [0.1, 0.15) is 42.7 Å². The Bertz CT molecular complexity index is 858. The van der Waals surface area contributed by atoms with Crippen LogP contribution in [0.2, 0.25) is 0 Å². The predicted octanol–water partition coefficient (Wildman–Crippen LogP) is 3.51. The van der Waals surface area contributed by atoms with Crippen molar-refractivity contribution >= 4 is 12.1 Å². The standard InChI is InChI=1S/C23H26N2O4/c26-21(27)14-23(10-5-12-24-13-11-23)25-22(28)29-15-20-18-8-3-1-6-16(18)17-7-2-4-9-19(17)20/h1-4,6-9,20,24H,5,10-15H2,(H,25,28)(H,26,27). The Morgan fingerprint density at radius 3 is 2.34 bits per heavy atom. The van der Waals surface area contributed by atoms with E-state index in [0.29, 0.717) is 19.4 Å². The van der Waals surface area contributed by atoms with Crippen LogP contribution >= 0.6 is 0 Å². The number of alkyl carbamates (subject to hydrolysis) is 1. The summed E-state index contributed by atoms with van der Waals surface area (Å²) in [6, 6.07) is 16.4. The van der Waals surface area contributed by atoms with Gasteiger partial charge in [-0.2, -0.15) is 0 Å². The van der Waals surface area contributed by atoms with Crippen molar-refractivity contribution in [3.05, 3.63) is 59.7 Å². The molecule has 6 nitrogen and oxygen atoms in total. The highest BCUT2D eigenvalue weighted by Gasteiger charge is 2.36. The van der Waals surface area contributed by atoms with Crippen LogP contribution in [-0.2, 0) is 9.53 Å². The summed E-state index contributed by atoms with van der Waals surface area (Å²) in [4.78, 5) is 24.0. The Labute approximate surface area is 170 Å². The number of benzene rings is 2. The normalized spacial score (nSPS) is 21.0. The first kappa shape index (κ1) is 19.5. The number of ether oxygens (including phenoxy) is 1. The minimum Gasteiger partial charge on any atom is -0.481 e. The minimum absolute atomic E-state index is 0.0145. The minimum atomic E-state index is -0.911. The Balaban J connectivity index is 1.47. The van der Waals surface area contributed by atoms with Crippen molar-refractivity contribution in [2.45, 2.75) is 37.1 Å². The second-order valence-electron chi connectivity index (χ2n) is 7.90. The number of carbonyl (C=O) groups is 2. The van der Waals surface area contributed by atoms with Crippen molar-refractivity contribution in [3.63, 3.8) is 0 Å². The lowest BCUT2D eigenvalue weighted by molar-refractivity contribution is -0.138. The van der Waals surface area contributed by atoms with Gasteiger partial charge < -0.3 is 20.5 Å². The third-order valence-electron chi connectivity index (χ3n) is 5.99. The topological polar surface area (TPSA) is 87.7 Å². The average molecular weight is 394 g/mol. The summed E-state index contributed by atoms with van der Waals surface area (Å²) in [5, 5.41) is 15.5. The number of carbonyl (C=O) groups excluding carboxylic acids is 1. The first-order valence-corrected chi connectivity index (χ1v) is 10.1. The molecule has 2 aromatic carbocycles. The van der Waals surface area contributed by atoms with Crippen LogP contribution in [0.25, 0.3) is 11.1 Å². The van der Waals surface area contributed by atoms with Gasteiger partial charge in [0, 0.05) is 5.92 Å². The van der Waals surface area contributed by atoms with Crippen molar-refractivity contribution in [1.29, 1.82) is 0 Å². The molecule has 1 aliphatic carbocycles. The van der Waals surface area contributed by atoms with Gasteiger partial charge in [-0.3, -0.25) is 4.79 Å². The molecule has 1 amide bonds. The SMILES string of the molecule is O=C(O)CC1(NC(=O)OCC2c3ccccc3-c3ccccc32)CCCNCC1. The molecule has 1 fully saturated rings. The van der Waals surface area contributed by atoms with E-state index < -0.39 is 17.6 Å². The fraction of sp³-hybridized carbons (Fsp3) is 0.391. The van der Waals surface area contributed by atoms with Crippen LogP contribution in [0.4, 0.5) is 4.79 Å². The van der Waals surface area contributed by atoms with E-state index in [2.05, 4.69) is 34.9 Å². The molecule has 6 heteroatoms. The van der Waals surface area contributed by atoms with Gasteiger partial charge >= 0.3 is 12.1 Å². The molecule has 1 saturated heterocycles. The zero-order valence-electron chi connectivity index (χ0n) is 16.3. The van der Waals surface area contributed by atoms with E-state index in [1.165, 1.54) is 11.1 Å². The third kappa shape index (κ3) is 4.12. The number of amides is 1. The van der Waals surface area contributed by atoms with Crippen molar-refractivity contribution in [3.8, 4) is 11.1 Å². The molecule has 2 aliphatic rings. The molecule has 4 rings (SSSR count). The Hall–Kier alpha value is -2.86. The van der Waals surface area contributed by atoms with Gasteiger partial charge in [0.2, 0.25) is 0 Å². The summed E-state index contributed by atoms with van der Waals surface area (Å²) in [5.41, 5.74) is 3.89. The van der Waals surface area contributed by atoms with Crippen LogP contribution in [0.5, 0.6) is 0 Å². The zero-order valence-corrected chi connectivity index (χ0v) is 16.3. The van der Waals surface area contributed by atoms with Gasteiger partial charge in [0.15, 0.2) is 0 Å². The predicted molar refractivity (Wildman–Crippen MR) is 110 cm³/mol. The molecule has 1 atom stereocenters. The second-order valence-corrected chi connectivity index (χ2v) is 7.90. The van der Waals surface area contributed by atoms with Gasteiger partial charge in [-0.05, 0) is 54.6 Å². The number of carboxylic acids is 1. The molecular formula is C23H26N2O4. The van der Waals surface area contributed by atoms with Crippen LogP contribution < -0.4 is 10.6 Å². The molecule has 2 aromatic rings. The molecule has 0 bridgehead atoms. The smallest absolute Gasteiger partial charge is 0.407 e. The van der Waals surface area contributed by atoms with Gasteiger partial charge in [0.25, 0.3) is 0 Å². The van der Waals surface area contributed by atoms with Crippen molar-refractivity contribution in [2.75, 3.05) is 19.7 Å². The number of fused-ring (bicyclic) bond motifs is 3. The van der Waals surface area contributed by atoms with Crippen molar-refractivity contribution in [2.24, 2.45) is 0 Å². The highest BCUT2D eigenvalue weighted by atomic mass is 16.5.